The summed E-state index contributed by atoms with van der Waals surface area (Å²) in [6.45, 7) is 2.26. The Labute approximate surface area is 114 Å². The van der Waals surface area contributed by atoms with Gasteiger partial charge in [0.15, 0.2) is 0 Å². The van der Waals surface area contributed by atoms with Crippen LogP contribution in [0.3, 0.4) is 0 Å². The largest absolute Gasteiger partial charge is 0.465 e. The Bertz CT molecular complexity index is 426. The summed E-state index contributed by atoms with van der Waals surface area (Å²) in [5.41, 5.74) is 0.516. The van der Waals surface area contributed by atoms with Crippen molar-refractivity contribution in [3.8, 4) is 0 Å². The average Bonchev–Trinajstić information content (AvgIpc) is 2.48. The first-order chi connectivity index (χ1) is 9.24. The van der Waals surface area contributed by atoms with E-state index in [9.17, 15) is 4.79 Å². The lowest BCUT2D eigenvalue weighted by molar-refractivity contribution is 0.0601. The van der Waals surface area contributed by atoms with Crippen LogP contribution >= 0.6 is 0 Å². The number of nitrogens with one attached hydrogen (secondary N) is 1. The normalized spacial score (nSPS) is 22.8. The fourth-order valence-corrected chi connectivity index (χ4v) is 2.70. The third kappa shape index (κ3) is 3.46. The van der Waals surface area contributed by atoms with Crippen molar-refractivity contribution in [2.75, 3.05) is 12.4 Å². The smallest absolute Gasteiger partial charge is 0.341 e. The maximum atomic E-state index is 11.7. The zero-order valence-electron chi connectivity index (χ0n) is 11.7. The van der Waals surface area contributed by atoms with Crippen LogP contribution in [0, 0.1) is 5.92 Å². The molecule has 0 bridgehead atoms. The topological polar surface area (TPSA) is 51.2 Å². The highest BCUT2D eigenvalue weighted by Crippen LogP contribution is 2.28. The van der Waals surface area contributed by atoms with Gasteiger partial charge in [-0.2, -0.15) is 0 Å². The predicted molar refractivity (Wildman–Crippen MR) is 75.2 cm³/mol. The number of carbonyl (C=O) groups is 1. The first-order valence-electron chi connectivity index (χ1n) is 7.04. The van der Waals surface area contributed by atoms with Gasteiger partial charge < -0.3 is 10.1 Å². The van der Waals surface area contributed by atoms with Crippen molar-refractivity contribution in [2.24, 2.45) is 5.92 Å². The second kappa shape index (κ2) is 6.55. The molecule has 4 nitrogen and oxygen atoms in total. The van der Waals surface area contributed by atoms with E-state index in [1.54, 1.807) is 18.3 Å². The van der Waals surface area contributed by atoms with Gasteiger partial charge in [0.2, 0.25) is 0 Å². The zero-order valence-corrected chi connectivity index (χ0v) is 11.7. The Kier molecular flexibility index (Phi) is 4.77. The highest BCUT2D eigenvalue weighted by molar-refractivity contribution is 5.94. The molecule has 0 spiro atoms. The molecule has 1 fully saturated rings. The monoisotopic (exact) mass is 262 g/mol. The van der Waals surface area contributed by atoms with Crippen molar-refractivity contribution >= 4 is 11.8 Å². The summed E-state index contributed by atoms with van der Waals surface area (Å²) in [5.74, 6) is 1.18. The number of rotatable bonds is 4. The van der Waals surface area contributed by atoms with Crippen LogP contribution in [0.5, 0.6) is 0 Å². The Hall–Kier alpha value is -1.58. The molecule has 1 aliphatic rings. The van der Waals surface area contributed by atoms with Gasteiger partial charge in [-0.3, -0.25) is 0 Å². The van der Waals surface area contributed by atoms with Crippen LogP contribution in [-0.2, 0) is 4.74 Å². The van der Waals surface area contributed by atoms with Crippen molar-refractivity contribution < 1.29 is 9.53 Å². The zero-order chi connectivity index (χ0) is 13.7. The summed E-state index contributed by atoms with van der Waals surface area (Å²) in [5, 5.41) is 3.40. The minimum absolute atomic E-state index is 0.335. The van der Waals surface area contributed by atoms with Gasteiger partial charge in [0.05, 0.1) is 7.11 Å². The van der Waals surface area contributed by atoms with Crippen molar-refractivity contribution in [3.63, 3.8) is 0 Å². The van der Waals surface area contributed by atoms with E-state index in [2.05, 4.69) is 17.2 Å². The van der Waals surface area contributed by atoms with Gasteiger partial charge in [-0.25, -0.2) is 9.78 Å². The number of anilines is 1. The molecule has 0 saturated heterocycles. The number of methoxy groups -OCH3 is 1. The van der Waals surface area contributed by atoms with Crippen LogP contribution in [0.4, 0.5) is 5.82 Å². The molecular formula is C15H22N2O2. The summed E-state index contributed by atoms with van der Waals surface area (Å²) < 4.78 is 4.78. The second-order valence-electron chi connectivity index (χ2n) is 5.16. The minimum atomic E-state index is -0.335. The molecule has 2 rings (SSSR count). The van der Waals surface area contributed by atoms with Crippen LogP contribution in [0.15, 0.2) is 18.3 Å². The third-order valence-corrected chi connectivity index (χ3v) is 3.98. The molecule has 1 saturated carbocycles. The predicted octanol–water partition coefficient (Wildman–Crippen LogP) is 3.25. The van der Waals surface area contributed by atoms with E-state index in [1.807, 2.05) is 0 Å². The molecule has 0 unspecified atom stereocenters. The fraction of sp³-hybridized carbons (Fsp3) is 0.600. The number of hydrogen-bond donors (Lipinski definition) is 1. The molecule has 0 radical (unpaired) electrons. The third-order valence-electron chi connectivity index (χ3n) is 3.98. The SMILES string of the molecule is CCC1CCC(Nc2ncccc2C(=O)OC)CC1. The highest BCUT2D eigenvalue weighted by Gasteiger charge is 2.22. The number of esters is 1. The lowest BCUT2D eigenvalue weighted by Crippen LogP contribution is -2.27. The molecule has 1 heterocycles. The van der Waals surface area contributed by atoms with Crippen molar-refractivity contribution in [1.82, 2.24) is 4.98 Å². The first-order valence-corrected chi connectivity index (χ1v) is 7.04. The van der Waals surface area contributed by atoms with E-state index in [1.165, 1.54) is 26.4 Å². The van der Waals surface area contributed by atoms with E-state index >= 15 is 0 Å². The van der Waals surface area contributed by atoms with E-state index in [-0.39, 0.29) is 5.97 Å². The van der Waals surface area contributed by atoms with Gasteiger partial charge in [-0.05, 0) is 43.7 Å². The number of hydrogen-bond acceptors (Lipinski definition) is 4. The van der Waals surface area contributed by atoms with Crippen LogP contribution in [0.25, 0.3) is 0 Å². The van der Waals surface area contributed by atoms with Crippen molar-refractivity contribution in [3.05, 3.63) is 23.9 Å². The maximum Gasteiger partial charge on any atom is 0.341 e. The number of aromatic nitrogens is 1. The summed E-state index contributed by atoms with van der Waals surface area (Å²) in [4.78, 5) is 15.9. The van der Waals surface area contributed by atoms with Gasteiger partial charge in [-0.1, -0.05) is 13.3 Å². The molecule has 1 aromatic rings. The Morgan fingerprint density at radius 2 is 2.16 bits per heavy atom. The minimum Gasteiger partial charge on any atom is -0.465 e. The molecular weight excluding hydrogens is 240 g/mol. The van der Waals surface area contributed by atoms with Gasteiger partial charge in [0.1, 0.15) is 11.4 Å². The maximum absolute atomic E-state index is 11.7. The molecule has 0 atom stereocenters. The molecule has 1 aromatic heterocycles. The van der Waals surface area contributed by atoms with Crippen LogP contribution in [0.1, 0.15) is 49.4 Å². The van der Waals surface area contributed by atoms with Crippen molar-refractivity contribution in [1.29, 1.82) is 0 Å². The molecule has 1 aliphatic carbocycles. The van der Waals surface area contributed by atoms with Crippen LogP contribution < -0.4 is 5.32 Å². The standard InChI is InChI=1S/C15H22N2O2/c1-3-11-6-8-12(9-7-11)17-14-13(15(18)19-2)5-4-10-16-14/h4-5,10-12H,3,6-9H2,1-2H3,(H,16,17). The first kappa shape index (κ1) is 13.8. The van der Waals surface area contributed by atoms with E-state index in [4.69, 9.17) is 4.74 Å². The Morgan fingerprint density at radius 1 is 1.42 bits per heavy atom. The molecule has 1 N–H and O–H groups in total. The molecule has 104 valence electrons. The van der Waals surface area contributed by atoms with E-state index < -0.39 is 0 Å². The molecule has 4 heteroatoms. The van der Waals surface area contributed by atoms with Gasteiger partial charge >= 0.3 is 5.97 Å². The highest BCUT2D eigenvalue weighted by atomic mass is 16.5. The van der Waals surface area contributed by atoms with Crippen LogP contribution in [0.2, 0.25) is 0 Å². The summed E-state index contributed by atoms with van der Waals surface area (Å²) in [6.07, 6.45) is 7.78. The number of carbonyl (C=O) groups excluding carboxylic acids is 1. The molecule has 0 aromatic carbocycles. The Morgan fingerprint density at radius 3 is 2.79 bits per heavy atom. The van der Waals surface area contributed by atoms with Crippen molar-refractivity contribution in [2.45, 2.75) is 45.1 Å². The lowest BCUT2D eigenvalue weighted by atomic mass is 9.84. The lowest BCUT2D eigenvalue weighted by Gasteiger charge is -2.29. The van der Waals surface area contributed by atoms with Crippen LogP contribution in [-0.4, -0.2) is 24.1 Å². The molecule has 0 aliphatic heterocycles. The molecule has 0 amide bonds. The summed E-state index contributed by atoms with van der Waals surface area (Å²) >= 11 is 0. The van der Waals surface area contributed by atoms with Gasteiger partial charge in [0.25, 0.3) is 0 Å². The number of pyridine rings is 1. The van der Waals surface area contributed by atoms with Gasteiger partial charge in [0, 0.05) is 12.2 Å². The van der Waals surface area contributed by atoms with E-state index in [0.717, 1.165) is 18.8 Å². The second-order valence-corrected chi connectivity index (χ2v) is 5.16. The van der Waals surface area contributed by atoms with E-state index in [0.29, 0.717) is 17.4 Å². The van der Waals surface area contributed by atoms with Gasteiger partial charge in [-0.15, -0.1) is 0 Å². The Balaban J connectivity index is 2.01. The number of ether oxygens (including phenoxy) is 1. The summed E-state index contributed by atoms with van der Waals surface area (Å²) in [6, 6.07) is 3.92. The number of nitrogens with zero attached hydrogens (tertiary/aromatic N) is 1. The average molecular weight is 262 g/mol. The fourth-order valence-electron chi connectivity index (χ4n) is 2.70. The summed E-state index contributed by atoms with van der Waals surface area (Å²) in [7, 11) is 1.39. The molecule has 19 heavy (non-hydrogen) atoms. The quantitative estimate of drug-likeness (QED) is 0.846.